The summed E-state index contributed by atoms with van der Waals surface area (Å²) < 4.78 is 5.78. The topological polar surface area (TPSA) is 123 Å². The highest BCUT2D eigenvalue weighted by Gasteiger charge is 2.13. The lowest BCUT2D eigenvalue weighted by Crippen LogP contribution is -2.25. The molecular weight excluding hydrogens is 334 g/mol. The van der Waals surface area contributed by atoms with Crippen molar-refractivity contribution < 1.29 is 14.6 Å². The van der Waals surface area contributed by atoms with Gasteiger partial charge in [-0.25, -0.2) is 15.0 Å². The quantitative estimate of drug-likeness (QED) is 0.591. The summed E-state index contributed by atoms with van der Waals surface area (Å²) in [5.74, 6) is 0.992. The molecule has 0 saturated heterocycles. The van der Waals surface area contributed by atoms with Gasteiger partial charge in [0.25, 0.3) is 5.91 Å². The van der Waals surface area contributed by atoms with Crippen LogP contribution in [0, 0.1) is 6.92 Å². The van der Waals surface area contributed by atoms with Crippen LogP contribution in [0.1, 0.15) is 48.2 Å². The van der Waals surface area contributed by atoms with E-state index in [1.807, 2.05) is 0 Å². The Hall–Kier alpha value is -2.74. The van der Waals surface area contributed by atoms with Crippen LogP contribution >= 0.6 is 0 Å². The van der Waals surface area contributed by atoms with E-state index in [9.17, 15) is 9.90 Å². The van der Waals surface area contributed by atoms with Crippen LogP contribution in [-0.4, -0.2) is 38.6 Å². The van der Waals surface area contributed by atoms with E-state index in [-0.39, 0.29) is 24.9 Å². The molecular formula is C18H25N5O3. The van der Waals surface area contributed by atoms with Crippen LogP contribution in [0.25, 0.3) is 0 Å². The van der Waals surface area contributed by atoms with Gasteiger partial charge in [0, 0.05) is 0 Å². The van der Waals surface area contributed by atoms with E-state index in [0.717, 1.165) is 19.3 Å². The number of pyridine rings is 1. The summed E-state index contributed by atoms with van der Waals surface area (Å²) in [7, 11) is 0. The van der Waals surface area contributed by atoms with Crippen LogP contribution in [0.15, 0.2) is 24.4 Å². The SMILES string of the molecule is CCCC[C@@H](CO)Nc1nc(C)ncc1OCc1cccc(C(N)=O)n1. The van der Waals surface area contributed by atoms with Crippen molar-refractivity contribution in [3.05, 3.63) is 41.6 Å². The lowest BCUT2D eigenvalue weighted by molar-refractivity contribution is 0.0995. The van der Waals surface area contributed by atoms with E-state index in [1.165, 1.54) is 0 Å². The lowest BCUT2D eigenvalue weighted by Gasteiger charge is -2.19. The number of rotatable bonds is 10. The summed E-state index contributed by atoms with van der Waals surface area (Å²) in [5.41, 5.74) is 6.00. The van der Waals surface area contributed by atoms with Crippen LogP contribution < -0.4 is 15.8 Å². The Bertz CT molecular complexity index is 739. The molecule has 8 nitrogen and oxygen atoms in total. The van der Waals surface area contributed by atoms with E-state index < -0.39 is 5.91 Å². The van der Waals surface area contributed by atoms with Crippen molar-refractivity contribution in [2.45, 2.75) is 45.8 Å². The predicted octanol–water partition coefficient (Wildman–Crippen LogP) is 1.82. The van der Waals surface area contributed by atoms with E-state index in [1.54, 1.807) is 31.3 Å². The van der Waals surface area contributed by atoms with Crippen molar-refractivity contribution in [2.24, 2.45) is 5.73 Å². The van der Waals surface area contributed by atoms with Crippen LogP contribution in [0.4, 0.5) is 5.82 Å². The van der Waals surface area contributed by atoms with Gasteiger partial charge in [0.1, 0.15) is 18.1 Å². The van der Waals surface area contributed by atoms with Gasteiger partial charge in [-0.15, -0.1) is 0 Å². The smallest absolute Gasteiger partial charge is 0.267 e. The Balaban J connectivity index is 2.11. The molecule has 0 aliphatic carbocycles. The molecule has 1 amide bonds. The second-order valence-electron chi connectivity index (χ2n) is 5.96. The fourth-order valence-electron chi connectivity index (χ4n) is 2.37. The molecule has 8 heteroatoms. The van der Waals surface area contributed by atoms with Crippen LogP contribution in [0.5, 0.6) is 5.75 Å². The first-order chi connectivity index (χ1) is 12.5. The lowest BCUT2D eigenvalue weighted by atomic mass is 10.1. The first kappa shape index (κ1) is 19.6. The summed E-state index contributed by atoms with van der Waals surface area (Å²) >= 11 is 0. The zero-order chi connectivity index (χ0) is 18.9. The monoisotopic (exact) mass is 359 g/mol. The van der Waals surface area contributed by atoms with Gasteiger partial charge < -0.3 is 20.9 Å². The van der Waals surface area contributed by atoms with Gasteiger partial charge in [0.15, 0.2) is 11.6 Å². The molecule has 0 saturated carbocycles. The van der Waals surface area contributed by atoms with Crippen LogP contribution in [0.3, 0.4) is 0 Å². The average molecular weight is 359 g/mol. The molecule has 0 aliphatic heterocycles. The van der Waals surface area contributed by atoms with Crippen LogP contribution in [-0.2, 0) is 6.61 Å². The molecule has 26 heavy (non-hydrogen) atoms. The average Bonchev–Trinajstić information content (AvgIpc) is 2.64. The molecule has 2 aromatic rings. The van der Waals surface area contributed by atoms with E-state index in [0.29, 0.717) is 23.1 Å². The van der Waals surface area contributed by atoms with Gasteiger partial charge in [-0.05, 0) is 25.5 Å². The number of nitrogens with zero attached hydrogens (tertiary/aromatic N) is 3. The van der Waals surface area contributed by atoms with Gasteiger partial charge in [0.05, 0.1) is 24.5 Å². The summed E-state index contributed by atoms with van der Waals surface area (Å²) in [6.07, 6.45) is 4.46. The van der Waals surface area contributed by atoms with E-state index in [2.05, 4.69) is 27.2 Å². The molecule has 0 radical (unpaired) electrons. The Morgan fingerprint density at radius 3 is 2.88 bits per heavy atom. The highest BCUT2D eigenvalue weighted by atomic mass is 16.5. The van der Waals surface area contributed by atoms with Crippen molar-refractivity contribution in [1.82, 2.24) is 15.0 Å². The first-order valence-electron chi connectivity index (χ1n) is 8.63. The number of aromatic nitrogens is 3. The Morgan fingerprint density at radius 1 is 1.38 bits per heavy atom. The number of carbonyl (C=O) groups excluding carboxylic acids is 1. The maximum Gasteiger partial charge on any atom is 0.267 e. The van der Waals surface area contributed by atoms with Gasteiger partial charge in [0.2, 0.25) is 0 Å². The fraction of sp³-hybridized carbons (Fsp3) is 0.444. The Kier molecular flexibility index (Phi) is 7.28. The molecule has 0 fully saturated rings. The number of unbranched alkanes of at least 4 members (excludes halogenated alkanes) is 1. The number of ether oxygens (including phenoxy) is 1. The number of amides is 1. The van der Waals surface area contributed by atoms with Gasteiger partial charge >= 0.3 is 0 Å². The van der Waals surface area contributed by atoms with Crippen LogP contribution in [0.2, 0.25) is 0 Å². The highest BCUT2D eigenvalue weighted by Crippen LogP contribution is 2.23. The molecule has 0 aliphatic rings. The minimum Gasteiger partial charge on any atom is -0.482 e. The second kappa shape index (κ2) is 9.67. The predicted molar refractivity (Wildman–Crippen MR) is 97.9 cm³/mol. The van der Waals surface area contributed by atoms with Crippen molar-refractivity contribution in [1.29, 1.82) is 0 Å². The summed E-state index contributed by atoms with van der Waals surface area (Å²) in [6, 6.07) is 4.88. The molecule has 4 N–H and O–H groups in total. The van der Waals surface area contributed by atoms with Gasteiger partial charge in [-0.3, -0.25) is 4.79 Å². The zero-order valence-electron chi connectivity index (χ0n) is 15.1. The standard InChI is InChI=1S/C18H25N5O3/c1-3-4-6-13(10-24)23-18-16(9-20-12(2)21-18)26-11-14-7-5-8-15(22-14)17(19)25/h5,7-9,13,24H,3-4,6,10-11H2,1-2H3,(H2,19,25)(H,20,21,23)/t13-/m0/s1. The maximum atomic E-state index is 11.2. The van der Waals surface area contributed by atoms with Gasteiger partial charge in [-0.1, -0.05) is 25.8 Å². The third-order valence-corrected chi connectivity index (χ3v) is 3.78. The normalized spacial score (nSPS) is 11.8. The molecule has 0 unspecified atom stereocenters. The van der Waals surface area contributed by atoms with E-state index in [4.69, 9.17) is 10.5 Å². The molecule has 1 atom stereocenters. The van der Waals surface area contributed by atoms with Gasteiger partial charge in [-0.2, -0.15) is 0 Å². The molecule has 2 aromatic heterocycles. The summed E-state index contributed by atoms with van der Waals surface area (Å²) in [6.45, 7) is 4.03. The molecule has 140 valence electrons. The van der Waals surface area contributed by atoms with Crippen molar-refractivity contribution >= 4 is 11.7 Å². The third-order valence-electron chi connectivity index (χ3n) is 3.78. The number of nitrogens with one attached hydrogen (secondary N) is 1. The zero-order valence-corrected chi connectivity index (χ0v) is 15.1. The number of carbonyl (C=O) groups is 1. The van der Waals surface area contributed by atoms with Crippen molar-refractivity contribution in [2.75, 3.05) is 11.9 Å². The molecule has 2 heterocycles. The maximum absolute atomic E-state index is 11.2. The minimum atomic E-state index is -0.588. The van der Waals surface area contributed by atoms with E-state index >= 15 is 0 Å². The number of hydrogen-bond donors (Lipinski definition) is 3. The third kappa shape index (κ3) is 5.66. The van der Waals surface area contributed by atoms with Crippen molar-refractivity contribution in [3.63, 3.8) is 0 Å². The largest absolute Gasteiger partial charge is 0.482 e. The number of aliphatic hydroxyl groups excluding tert-OH is 1. The summed E-state index contributed by atoms with van der Waals surface area (Å²) in [5, 5.41) is 12.8. The molecule has 0 aromatic carbocycles. The number of aliphatic hydroxyl groups is 1. The Labute approximate surface area is 152 Å². The number of aryl methyl sites for hydroxylation is 1. The first-order valence-corrected chi connectivity index (χ1v) is 8.63. The Morgan fingerprint density at radius 2 is 2.19 bits per heavy atom. The fourth-order valence-corrected chi connectivity index (χ4v) is 2.37. The molecule has 0 bridgehead atoms. The number of anilines is 1. The number of hydrogen-bond acceptors (Lipinski definition) is 7. The number of nitrogens with two attached hydrogens (primary N) is 1. The number of primary amides is 1. The minimum absolute atomic E-state index is 0.00467. The summed E-state index contributed by atoms with van der Waals surface area (Å²) in [4.78, 5) is 23.9. The van der Waals surface area contributed by atoms with Crippen molar-refractivity contribution in [3.8, 4) is 5.75 Å². The molecule has 2 rings (SSSR count). The second-order valence-corrected chi connectivity index (χ2v) is 5.96. The molecule has 0 spiro atoms. The highest BCUT2D eigenvalue weighted by molar-refractivity contribution is 5.90.